The molecule has 1 saturated heterocycles. The first-order chi connectivity index (χ1) is 30.7. The standard InChI is InChI=1S/C45H51FN8O8S2/c1-28(2)64(60,61)53-26-34(33-13-4-5-14-36(33)53)42(57)48-25-40(56)51-44-49-35(27-63-44)31-22-29(23-32(46)24-31)10-8-20-62-21-9-19-47-18-7-12-30-11-6-15-37-41(30)52(3)45(59)54(37)38-16-17-39(55)50-43(38)58/h4-6,11,13-15,22-24,26-28,38,47H,7-10,12,16-21,25H2,1-3H3,(H,48,57)(H,49,51,56)(H,50,55,58). The number of nitrogens with one attached hydrogen (secondary N) is 4. The van der Waals surface area contributed by atoms with Gasteiger partial charge in [0.1, 0.15) is 11.9 Å². The molecule has 4 N–H and O–H groups in total. The van der Waals surface area contributed by atoms with Gasteiger partial charge in [0.15, 0.2) is 5.13 Å². The van der Waals surface area contributed by atoms with Crippen molar-refractivity contribution < 1.29 is 36.7 Å². The number of ether oxygens (including phenoxy) is 1. The first kappa shape index (κ1) is 46.0. The molecule has 1 unspecified atom stereocenters. The summed E-state index contributed by atoms with van der Waals surface area (Å²) in [6.45, 7) is 5.35. The Kier molecular flexibility index (Phi) is 14.5. The number of amides is 4. The van der Waals surface area contributed by atoms with Gasteiger partial charge in [0.25, 0.3) is 5.91 Å². The van der Waals surface area contributed by atoms with Crippen molar-refractivity contribution in [2.75, 3.05) is 38.2 Å². The van der Waals surface area contributed by atoms with E-state index in [0.29, 0.717) is 60.2 Å². The number of rotatable bonds is 20. The number of anilines is 1. The van der Waals surface area contributed by atoms with Gasteiger partial charge in [0.2, 0.25) is 27.7 Å². The van der Waals surface area contributed by atoms with Crippen LogP contribution in [0.1, 0.15) is 73.5 Å². The van der Waals surface area contributed by atoms with Crippen LogP contribution in [0, 0.1) is 5.82 Å². The van der Waals surface area contributed by atoms with E-state index in [0.717, 1.165) is 64.3 Å². The lowest BCUT2D eigenvalue weighted by Gasteiger charge is -2.22. The van der Waals surface area contributed by atoms with Gasteiger partial charge in [-0.05, 0) is 107 Å². The predicted molar refractivity (Wildman–Crippen MR) is 243 cm³/mol. The average Bonchev–Trinajstić information content (AvgIpc) is 3.97. The predicted octanol–water partition coefficient (Wildman–Crippen LogP) is 5.05. The number of fused-ring (bicyclic) bond motifs is 2. The second kappa shape index (κ2) is 20.2. The van der Waals surface area contributed by atoms with Gasteiger partial charge in [-0.25, -0.2) is 26.6 Å². The Hall–Kier alpha value is -6.02. The molecule has 1 fully saturated rings. The fraction of sp³-hybridized carbons (Fsp3) is 0.378. The zero-order chi connectivity index (χ0) is 45.5. The van der Waals surface area contributed by atoms with Crippen LogP contribution >= 0.6 is 11.3 Å². The SMILES string of the molecule is CC(C)S(=O)(=O)n1cc(C(=O)NCC(=O)Nc2nc(-c3cc(F)cc(CCCOCCCNCCCc4cccc5c4n(C)c(=O)n5C4CCC(=O)NC4=O)c3)cs2)c2ccccc21. The van der Waals surface area contributed by atoms with Gasteiger partial charge in [-0.3, -0.25) is 33.6 Å². The number of hydrogen-bond acceptors (Lipinski definition) is 11. The van der Waals surface area contributed by atoms with E-state index in [1.807, 2.05) is 24.3 Å². The third-order valence-corrected chi connectivity index (χ3v) is 13.9. The Balaban J connectivity index is 0.806. The van der Waals surface area contributed by atoms with Crippen molar-refractivity contribution in [2.24, 2.45) is 7.05 Å². The summed E-state index contributed by atoms with van der Waals surface area (Å²) in [5, 5.41) is 12.7. The molecule has 1 atom stereocenters. The molecule has 64 heavy (non-hydrogen) atoms. The van der Waals surface area contributed by atoms with Crippen LogP contribution in [0.2, 0.25) is 0 Å². The zero-order valence-corrected chi connectivity index (χ0v) is 37.5. The van der Waals surface area contributed by atoms with Crippen molar-refractivity contribution in [1.82, 2.24) is 34.0 Å². The Morgan fingerprint density at radius 3 is 2.55 bits per heavy atom. The van der Waals surface area contributed by atoms with Crippen molar-refractivity contribution in [1.29, 1.82) is 0 Å². The quantitative estimate of drug-likeness (QED) is 0.0593. The highest BCUT2D eigenvalue weighted by Gasteiger charge is 2.32. The van der Waals surface area contributed by atoms with Crippen molar-refractivity contribution in [3.05, 3.63) is 105 Å². The van der Waals surface area contributed by atoms with E-state index >= 15 is 0 Å². The fourth-order valence-corrected chi connectivity index (χ4v) is 9.73. The molecule has 16 nitrogen and oxygen atoms in total. The minimum Gasteiger partial charge on any atom is -0.381 e. The molecule has 4 heterocycles. The summed E-state index contributed by atoms with van der Waals surface area (Å²) in [6.07, 6.45) is 5.43. The Morgan fingerprint density at radius 1 is 0.984 bits per heavy atom. The number of halogens is 1. The van der Waals surface area contributed by atoms with Crippen LogP contribution in [0.25, 0.3) is 33.2 Å². The van der Waals surface area contributed by atoms with Crippen molar-refractivity contribution in [3.63, 3.8) is 0 Å². The summed E-state index contributed by atoms with van der Waals surface area (Å²) < 4.78 is 50.6. The van der Waals surface area contributed by atoms with E-state index in [1.165, 1.54) is 22.9 Å². The molecule has 0 aliphatic carbocycles. The number of thiazole rings is 1. The normalized spacial score (nSPS) is 14.4. The van der Waals surface area contributed by atoms with Crippen molar-refractivity contribution in [2.45, 2.75) is 70.1 Å². The molecular weight excluding hydrogens is 864 g/mol. The number of imidazole rings is 1. The lowest BCUT2D eigenvalue weighted by atomic mass is 10.0. The maximum absolute atomic E-state index is 14.7. The van der Waals surface area contributed by atoms with Crippen LogP contribution in [0.3, 0.4) is 0 Å². The molecule has 19 heteroatoms. The minimum absolute atomic E-state index is 0.126. The fourth-order valence-electron chi connectivity index (χ4n) is 7.85. The highest BCUT2D eigenvalue weighted by Crippen LogP contribution is 2.29. The molecule has 0 bridgehead atoms. The number of hydrogen-bond donors (Lipinski definition) is 4. The number of imide groups is 1. The number of aryl methyl sites for hydroxylation is 3. The lowest BCUT2D eigenvalue weighted by molar-refractivity contribution is -0.135. The van der Waals surface area contributed by atoms with Crippen molar-refractivity contribution >= 4 is 72.1 Å². The second-order valence-electron chi connectivity index (χ2n) is 16.0. The van der Waals surface area contributed by atoms with Crippen LogP contribution < -0.4 is 27.0 Å². The highest BCUT2D eigenvalue weighted by molar-refractivity contribution is 7.90. The molecule has 0 saturated carbocycles. The van der Waals surface area contributed by atoms with Gasteiger partial charge in [0.05, 0.1) is 39.6 Å². The summed E-state index contributed by atoms with van der Waals surface area (Å²) in [5.74, 6) is -2.32. The van der Waals surface area contributed by atoms with Crippen LogP contribution in [-0.2, 0) is 49.0 Å². The monoisotopic (exact) mass is 914 g/mol. The van der Waals surface area contributed by atoms with Crippen LogP contribution in [0.5, 0.6) is 0 Å². The number of aromatic nitrogens is 4. The maximum Gasteiger partial charge on any atom is 0.329 e. The molecule has 1 aliphatic rings. The molecule has 338 valence electrons. The van der Waals surface area contributed by atoms with Crippen LogP contribution in [-0.4, -0.2) is 88.2 Å². The topological polar surface area (TPSA) is 205 Å². The molecule has 0 radical (unpaired) electrons. The van der Waals surface area contributed by atoms with E-state index in [-0.39, 0.29) is 35.3 Å². The Morgan fingerprint density at radius 2 is 1.75 bits per heavy atom. The van der Waals surface area contributed by atoms with Gasteiger partial charge in [0, 0.05) is 49.2 Å². The molecule has 7 rings (SSSR count). The summed E-state index contributed by atoms with van der Waals surface area (Å²) in [5.41, 5.74) is 4.54. The van der Waals surface area contributed by atoms with Crippen LogP contribution in [0.15, 0.2) is 77.0 Å². The highest BCUT2D eigenvalue weighted by atomic mass is 32.2. The molecule has 3 aromatic heterocycles. The van der Waals surface area contributed by atoms with Gasteiger partial charge in [-0.2, -0.15) is 0 Å². The Labute approximate surface area is 373 Å². The van der Waals surface area contributed by atoms with E-state index < -0.39 is 44.9 Å². The third kappa shape index (κ3) is 10.3. The smallest absolute Gasteiger partial charge is 0.329 e. The van der Waals surface area contributed by atoms with Gasteiger partial charge < -0.3 is 20.7 Å². The first-order valence-electron chi connectivity index (χ1n) is 21.2. The number of carbonyl (C=O) groups excluding carboxylic acids is 4. The minimum atomic E-state index is -3.74. The number of piperidine rings is 1. The Bertz CT molecular complexity index is 2880. The van der Waals surface area contributed by atoms with E-state index in [9.17, 15) is 36.8 Å². The number of benzene rings is 3. The lowest BCUT2D eigenvalue weighted by Crippen LogP contribution is -2.44. The van der Waals surface area contributed by atoms with E-state index in [4.69, 9.17) is 4.74 Å². The second-order valence-corrected chi connectivity index (χ2v) is 19.2. The van der Waals surface area contributed by atoms with Gasteiger partial charge in [-0.1, -0.05) is 30.3 Å². The molecular formula is C45H51FN8O8S2. The summed E-state index contributed by atoms with van der Waals surface area (Å²) in [4.78, 5) is 67.8. The third-order valence-electron chi connectivity index (χ3n) is 11.1. The number of nitrogens with zero attached hydrogens (tertiary/aromatic N) is 4. The molecule has 3 aromatic carbocycles. The maximum atomic E-state index is 14.7. The van der Waals surface area contributed by atoms with Crippen LogP contribution in [0.4, 0.5) is 9.52 Å². The van der Waals surface area contributed by atoms with Gasteiger partial charge in [-0.15, -0.1) is 11.3 Å². The van der Waals surface area contributed by atoms with Gasteiger partial charge >= 0.3 is 5.69 Å². The van der Waals surface area contributed by atoms with E-state index in [1.54, 1.807) is 55.1 Å². The molecule has 4 amide bonds. The average molecular weight is 915 g/mol. The summed E-state index contributed by atoms with van der Waals surface area (Å²) >= 11 is 1.16. The molecule has 6 aromatic rings. The summed E-state index contributed by atoms with van der Waals surface area (Å²) in [6, 6.07) is 16.4. The van der Waals surface area contributed by atoms with Crippen molar-refractivity contribution in [3.8, 4) is 11.3 Å². The number of carbonyl (C=O) groups is 4. The zero-order valence-electron chi connectivity index (χ0n) is 35.8. The largest absolute Gasteiger partial charge is 0.381 e. The molecule has 1 aliphatic heterocycles. The number of para-hydroxylation sites is 2. The molecule has 0 spiro atoms. The first-order valence-corrected chi connectivity index (χ1v) is 23.6. The summed E-state index contributed by atoms with van der Waals surface area (Å²) in [7, 11) is -2.03. The van der Waals surface area contributed by atoms with E-state index in [2.05, 4.69) is 26.3 Å².